The summed E-state index contributed by atoms with van der Waals surface area (Å²) < 4.78 is 55.7. The number of halogens is 1. The van der Waals surface area contributed by atoms with Gasteiger partial charge in [0.25, 0.3) is 5.91 Å². The quantitative estimate of drug-likeness (QED) is 0.534. The Hall–Kier alpha value is -3.18. The Morgan fingerprint density at radius 2 is 1.59 bits per heavy atom. The maximum Gasteiger partial charge on any atom is 0.341 e. The smallest absolute Gasteiger partial charge is 0.341 e. The molecule has 0 radical (unpaired) electrons. The first-order valence-corrected chi connectivity index (χ1v) is 11.1. The van der Waals surface area contributed by atoms with Crippen molar-refractivity contribution in [1.82, 2.24) is 4.31 Å². The molecule has 0 aliphatic rings. The molecule has 0 saturated carbocycles. The summed E-state index contributed by atoms with van der Waals surface area (Å²) >= 11 is 0. The number of carbonyl (C=O) groups excluding carboxylic acids is 2. The number of sulfonamides is 1. The minimum atomic E-state index is -3.90. The zero-order valence-electron chi connectivity index (χ0n) is 18.2. The first-order valence-electron chi connectivity index (χ1n) is 9.66. The van der Waals surface area contributed by atoms with Crippen molar-refractivity contribution in [3.05, 3.63) is 47.8 Å². The highest BCUT2D eigenvalue weighted by Gasteiger charge is 2.25. The molecule has 1 N–H and O–H groups in total. The molecule has 11 heteroatoms. The molecule has 174 valence electrons. The number of rotatable bonds is 10. The van der Waals surface area contributed by atoms with Crippen LogP contribution in [0.4, 0.5) is 10.1 Å². The van der Waals surface area contributed by atoms with E-state index in [0.29, 0.717) is 17.2 Å². The van der Waals surface area contributed by atoms with Gasteiger partial charge in [-0.15, -0.1) is 0 Å². The molecule has 1 amide bonds. The standard InChI is InChI=1S/C21H25FN2O7S/c1-5-24(6-2)32(27,28)17-7-8-19(22)18(12-17)21(26)31-13-20(25)23-14-9-15(29-3)11-16(10-14)30-4/h7-12H,5-6,13H2,1-4H3,(H,23,25). The summed E-state index contributed by atoms with van der Waals surface area (Å²) in [6.07, 6.45) is 0. The Labute approximate surface area is 186 Å². The Bertz CT molecular complexity index is 1060. The Balaban J connectivity index is 2.12. The number of ether oxygens (including phenoxy) is 3. The largest absolute Gasteiger partial charge is 0.497 e. The second-order valence-corrected chi connectivity index (χ2v) is 8.39. The van der Waals surface area contributed by atoms with Crippen molar-refractivity contribution >= 4 is 27.6 Å². The van der Waals surface area contributed by atoms with Crippen LogP contribution in [-0.4, -0.2) is 58.5 Å². The lowest BCUT2D eigenvalue weighted by Crippen LogP contribution is -2.30. The molecule has 0 atom stereocenters. The number of nitrogens with one attached hydrogen (secondary N) is 1. The van der Waals surface area contributed by atoms with Crippen LogP contribution < -0.4 is 14.8 Å². The maximum absolute atomic E-state index is 14.2. The van der Waals surface area contributed by atoms with Crippen molar-refractivity contribution < 1.29 is 36.6 Å². The Morgan fingerprint density at radius 1 is 1.00 bits per heavy atom. The fraction of sp³-hybridized carbons (Fsp3) is 0.333. The van der Waals surface area contributed by atoms with E-state index in [2.05, 4.69) is 5.32 Å². The summed E-state index contributed by atoms with van der Waals surface area (Å²) in [5.74, 6) is -1.96. The minimum Gasteiger partial charge on any atom is -0.497 e. The van der Waals surface area contributed by atoms with E-state index in [9.17, 15) is 22.4 Å². The number of benzene rings is 2. The van der Waals surface area contributed by atoms with Crippen molar-refractivity contribution in [2.75, 3.05) is 39.2 Å². The van der Waals surface area contributed by atoms with Crippen LogP contribution in [-0.2, 0) is 19.6 Å². The minimum absolute atomic E-state index is 0.214. The van der Waals surface area contributed by atoms with Crippen LogP contribution >= 0.6 is 0 Å². The summed E-state index contributed by atoms with van der Waals surface area (Å²) in [6.45, 7) is 3.04. The monoisotopic (exact) mass is 468 g/mol. The molecule has 0 unspecified atom stereocenters. The lowest BCUT2D eigenvalue weighted by atomic mass is 10.2. The van der Waals surface area contributed by atoms with E-state index in [-0.39, 0.29) is 18.0 Å². The number of amides is 1. The van der Waals surface area contributed by atoms with Gasteiger partial charge in [-0.2, -0.15) is 4.31 Å². The molecule has 2 aromatic carbocycles. The van der Waals surface area contributed by atoms with Gasteiger partial charge in [0.15, 0.2) is 6.61 Å². The lowest BCUT2D eigenvalue weighted by Gasteiger charge is -2.18. The van der Waals surface area contributed by atoms with Crippen molar-refractivity contribution in [2.24, 2.45) is 0 Å². The third-order valence-electron chi connectivity index (χ3n) is 4.47. The van der Waals surface area contributed by atoms with Crippen LogP contribution in [0.15, 0.2) is 41.3 Å². The van der Waals surface area contributed by atoms with E-state index < -0.39 is 39.9 Å². The highest BCUT2D eigenvalue weighted by molar-refractivity contribution is 7.89. The predicted molar refractivity (Wildman–Crippen MR) is 115 cm³/mol. The van der Waals surface area contributed by atoms with E-state index in [1.165, 1.54) is 30.7 Å². The summed E-state index contributed by atoms with van der Waals surface area (Å²) in [6, 6.07) is 7.51. The molecule has 0 saturated heterocycles. The maximum atomic E-state index is 14.2. The summed E-state index contributed by atoms with van der Waals surface area (Å²) in [4.78, 5) is 24.2. The molecule has 0 fully saturated rings. The van der Waals surface area contributed by atoms with Crippen LogP contribution in [0.3, 0.4) is 0 Å². The number of carbonyl (C=O) groups is 2. The summed E-state index contributed by atoms with van der Waals surface area (Å²) in [7, 11) is -1.00. The van der Waals surface area contributed by atoms with Crippen molar-refractivity contribution in [1.29, 1.82) is 0 Å². The van der Waals surface area contributed by atoms with Gasteiger partial charge in [-0.1, -0.05) is 13.8 Å². The number of hydrogen-bond donors (Lipinski definition) is 1. The van der Waals surface area contributed by atoms with Gasteiger partial charge in [-0.25, -0.2) is 17.6 Å². The second-order valence-electron chi connectivity index (χ2n) is 6.46. The molecule has 2 aromatic rings. The lowest BCUT2D eigenvalue weighted by molar-refractivity contribution is -0.119. The average molecular weight is 469 g/mol. The van der Waals surface area contributed by atoms with Crippen LogP contribution in [0.1, 0.15) is 24.2 Å². The van der Waals surface area contributed by atoms with Gasteiger partial charge in [0.1, 0.15) is 17.3 Å². The van der Waals surface area contributed by atoms with Gasteiger partial charge in [-0.05, 0) is 18.2 Å². The fourth-order valence-electron chi connectivity index (χ4n) is 2.82. The highest BCUT2D eigenvalue weighted by Crippen LogP contribution is 2.26. The Kier molecular flexibility index (Phi) is 8.56. The molecule has 0 aliphatic carbocycles. The van der Waals surface area contributed by atoms with E-state index >= 15 is 0 Å². The summed E-state index contributed by atoms with van der Waals surface area (Å²) in [5.41, 5.74) is -0.255. The second kappa shape index (κ2) is 10.9. The number of esters is 1. The van der Waals surface area contributed by atoms with Gasteiger partial charge in [0.2, 0.25) is 10.0 Å². The molecule has 2 rings (SSSR count). The van der Waals surface area contributed by atoms with Crippen molar-refractivity contribution in [3.63, 3.8) is 0 Å². The normalized spacial score (nSPS) is 11.2. The third kappa shape index (κ3) is 5.95. The number of nitrogens with zero attached hydrogens (tertiary/aromatic N) is 1. The molecule has 0 aromatic heterocycles. The van der Waals surface area contributed by atoms with Crippen molar-refractivity contribution in [2.45, 2.75) is 18.7 Å². The van der Waals surface area contributed by atoms with Gasteiger partial charge >= 0.3 is 5.97 Å². The van der Waals surface area contributed by atoms with Crippen LogP contribution in [0, 0.1) is 5.82 Å². The zero-order chi connectivity index (χ0) is 23.9. The molecule has 9 nitrogen and oxygen atoms in total. The SMILES string of the molecule is CCN(CC)S(=O)(=O)c1ccc(F)c(C(=O)OCC(=O)Nc2cc(OC)cc(OC)c2)c1. The summed E-state index contributed by atoms with van der Waals surface area (Å²) in [5, 5.41) is 2.51. The molecular formula is C21H25FN2O7S. The topological polar surface area (TPSA) is 111 Å². The van der Waals surface area contributed by atoms with Gasteiger partial charge in [0, 0.05) is 37.0 Å². The highest BCUT2D eigenvalue weighted by atomic mass is 32.2. The van der Waals surface area contributed by atoms with Gasteiger partial charge in [0.05, 0.1) is 24.7 Å². The molecule has 0 bridgehead atoms. The zero-order valence-corrected chi connectivity index (χ0v) is 19.0. The predicted octanol–water partition coefficient (Wildman–Crippen LogP) is 2.67. The molecule has 32 heavy (non-hydrogen) atoms. The van der Waals surface area contributed by atoms with E-state index in [4.69, 9.17) is 14.2 Å². The van der Waals surface area contributed by atoms with Crippen LogP contribution in [0.25, 0.3) is 0 Å². The fourth-order valence-corrected chi connectivity index (χ4v) is 4.30. The molecule has 0 heterocycles. The average Bonchev–Trinajstić information content (AvgIpc) is 2.77. The molecule has 0 spiro atoms. The third-order valence-corrected chi connectivity index (χ3v) is 6.52. The number of methoxy groups -OCH3 is 2. The van der Waals surface area contributed by atoms with E-state index in [1.54, 1.807) is 19.9 Å². The van der Waals surface area contributed by atoms with Gasteiger partial charge < -0.3 is 19.5 Å². The van der Waals surface area contributed by atoms with Crippen LogP contribution in [0.2, 0.25) is 0 Å². The molecule has 0 aliphatic heterocycles. The first-order chi connectivity index (χ1) is 15.2. The molecular weight excluding hydrogens is 443 g/mol. The Morgan fingerprint density at radius 3 is 2.12 bits per heavy atom. The van der Waals surface area contributed by atoms with E-state index in [1.807, 2.05) is 0 Å². The first kappa shape index (κ1) is 25.1. The van der Waals surface area contributed by atoms with E-state index in [0.717, 1.165) is 18.2 Å². The van der Waals surface area contributed by atoms with Gasteiger partial charge in [-0.3, -0.25) is 4.79 Å². The number of hydrogen-bond acceptors (Lipinski definition) is 7. The number of anilines is 1. The van der Waals surface area contributed by atoms with Crippen molar-refractivity contribution in [3.8, 4) is 11.5 Å². The van der Waals surface area contributed by atoms with Crippen LogP contribution in [0.5, 0.6) is 11.5 Å².